The molecule has 0 saturated carbocycles. The Morgan fingerprint density at radius 1 is 1.36 bits per heavy atom. The van der Waals surface area contributed by atoms with Crippen LogP contribution in [0, 0.1) is 0 Å². The molecule has 0 bridgehead atoms. The van der Waals surface area contributed by atoms with Gasteiger partial charge >= 0.3 is 0 Å². The third kappa shape index (κ3) is 2.09. The lowest BCUT2D eigenvalue weighted by atomic mass is 10.1. The average Bonchev–Trinajstić information content (AvgIpc) is 3.24. The maximum absolute atomic E-state index is 12.9. The lowest BCUT2D eigenvalue weighted by molar-refractivity contribution is 0.0730. The van der Waals surface area contributed by atoms with Gasteiger partial charge in [0.2, 0.25) is 0 Å². The van der Waals surface area contributed by atoms with E-state index in [0.29, 0.717) is 5.69 Å². The predicted octanol–water partition coefficient (Wildman–Crippen LogP) is 2.88. The second-order valence-electron chi connectivity index (χ2n) is 5.87. The second-order valence-corrected chi connectivity index (χ2v) is 5.87. The third-order valence-corrected chi connectivity index (χ3v) is 4.38. The van der Waals surface area contributed by atoms with Crippen LogP contribution in [0.2, 0.25) is 0 Å². The van der Waals surface area contributed by atoms with E-state index in [1.807, 2.05) is 54.7 Å². The Bertz CT molecular complexity index is 799. The van der Waals surface area contributed by atoms with Crippen LogP contribution in [-0.4, -0.2) is 32.1 Å². The minimum absolute atomic E-state index is 0.0718. The minimum Gasteiger partial charge on any atom is -0.351 e. The van der Waals surface area contributed by atoms with Crippen molar-refractivity contribution in [1.82, 2.24) is 19.7 Å². The fourth-order valence-corrected chi connectivity index (χ4v) is 3.31. The number of H-pyrrole nitrogens is 1. The van der Waals surface area contributed by atoms with Crippen LogP contribution in [0.25, 0.3) is 10.9 Å². The Hall–Kier alpha value is -2.56. The van der Waals surface area contributed by atoms with Crippen LogP contribution >= 0.6 is 0 Å². The van der Waals surface area contributed by atoms with E-state index in [-0.39, 0.29) is 11.9 Å². The second kappa shape index (κ2) is 5.02. The molecule has 1 atom stereocenters. The number of hydrogen-bond acceptors (Lipinski definition) is 2. The number of rotatable bonds is 2. The number of para-hydroxylation sites is 1. The highest BCUT2D eigenvalue weighted by Crippen LogP contribution is 2.33. The molecule has 1 aliphatic rings. The normalized spacial score (nSPS) is 18.2. The van der Waals surface area contributed by atoms with E-state index < -0.39 is 0 Å². The van der Waals surface area contributed by atoms with Crippen LogP contribution in [0.15, 0.2) is 42.7 Å². The fraction of sp³-hybridized carbons (Fsp3) is 0.294. The van der Waals surface area contributed by atoms with Crippen molar-refractivity contribution in [2.75, 3.05) is 6.54 Å². The molecule has 4 rings (SSSR count). The zero-order valence-corrected chi connectivity index (χ0v) is 12.5. The number of aryl methyl sites for hydroxylation is 1. The lowest BCUT2D eigenvalue weighted by Crippen LogP contribution is -2.30. The largest absolute Gasteiger partial charge is 0.351 e. The van der Waals surface area contributed by atoms with Gasteiger partial charge in [-0.05, 0) is 25.0 Å². The van der Waals surface area contributed by atoms with E-state index in [9.17, 15) is 4.79 Å². The van der Waals surface area contributed by atoms with Crippen molar-refractivity contribution in [3.05, 3.63) is 54.0 Å². The summed E-state index contributed by atoms with van der Waals surface area (Å²) in [5.74, 6) is 0.0718. The van der Waals surface area contributed by atoms with E-state index >= 15 is 0 Å². The van der Waals surface area contributed by atoms with Crippen LogP contribution in [0.3, 0.4) is 0 Å². The summed E-state index contributed by atoms with van der Waals surface area (Å²) in [6, 6.07) is 10.0. The summed E-state index contributed by atoms with van der Waals surface area (Å²) < 4.78 is 1.79. The SMILES string of the molecule is Cn1cc([C@@H]2CCCN2C(=O)c2cc3ccccc3[nH]2)cn1. The fourth-order valence-electron chi connectivity index (χ4n) is 3.31. The van der Waals surface area contributed by atoms with Crippen molar-refractivity contribution in [2.24, 2.45) is 7.05 Å². The Labute approximate surface area is 128 Å². The van der Waals surface area contributed by atoms with Crippen molar-refractivity contribution in [3.63, 3.8) is 0 Å². The minimum atomic E-state index is 0.0718. The number of carbonyl (C=O) groups excluding carboxylic acids is 1. The van der Waals surface area contributed by atoms with Crippen molar-refractivity contribution in [3.8, 4) is 0 Å². The molecule has 2 aromatic heterocycles. The first-order valence-electron chi connectivity index (χ1n) is 7.59. The number of hydrogen-bond donors (Lipinski definition) is 1. The van der Waals surface area contributed by atoms with Gasteiger partial charge in [0.05, 0.1) is 12.2 Å². The quantitative estimate of drug-likeness (QED) is 0.790. The number of benzene rings is 1. The topological polar surface area (TPSA) is 53.9 Å². The van der Waals surface area contributed by atoms with Crippen molar-refractivity contribution < 1.29 is 4.79 Å². The Kier molecular flexibility index (Phi) is 2.99. The monoisotopic (exact) mass is 294 g/mol. The summed E-state index contributed by atoms with van der Waals surface area (Å²) in [7, 11) is 1.91. The molecule has 112 valence electrons. The number of nitrogens with one attached hydrogen (secondary N) is 1. The van der Waals surface area contributed by atoms with Crippen LogP contribution in [-0.2, 0) is 7.05 Å². The first-order chi connectivity index (χ1) is 10.7. The predicted molar refractivity (Wildman–Crippen MR) is 84.5 cm³/mol. The summed E-state index contributed by atoms with van der Waals surface area (Å²) in [6.07, 6.45) is 5.89. The Balaban J connectivity index is 1.66. The van der Waals surface area contributed by atoms with Gasteiger partial charge in [-0.1, -0.05) is 18.2 Å². The average molecular weight is 294 g/mol. The zero-order valence-electron chi connectivity index (χ0n) is 12.5. The van der Waals surface area contributed by atoms with Gasteiger partial charge in [-0.2, -0.15) is 5.10 Å². The Morgan fingerprint density at radius 2 is 2.23 bits per heavy atom. The zero-order chi connectivity index (χ0) is 15.1. The molecule has 3 heterocycles. The maximum atomic E-state index is 12.9. The summed E-state index contributed by atoms with van der Waals surface area (Å²) in [6.45, 7) is 0.799. The van der Waals surface area contributed by atoms with Crippen LogP contribution < -0.4 is 0 Å². The molecule has 0 spiro atoms. The molecule has 0 aliphatic carbocycles. The highest BCUT2D eigenvalue weighted by atomic mass is 16.2. The molecule has 1 aromatic carbocycles. The van der Waals surface area contributed by atoms with Crippen molar-refractivity contribution in [2.45, 2.75) is 18.9 Å². The number of aromatic nitrogens is 3. The summed E-state index contributed by atoms with van der Waals surface area (Å²) >= 11 is 0. The van der Waals surface area contributed by atoms with Gasteiger partial charge in [-0.3, -0.25) is 9.48 Å². The van der Waals surface area contributed by atoms with E-state index in [4.69, 9.17) is 0 Å². The van der Waals surface area contributed by atoms with E-state index in [0.717, 1.165) is 35.9 Å². The first kappa shape index (κ1) is 13.1. The van der Waals surface area contributed by atoms with Crippen LogP contribution in [0.1, 0.15) is 34.9 Å². The van der Waals surface area contributed by atoms with Gasteiger partial charge in [0.1, 0.15) is 5.69 Å². The smallest absolute Gasteiger partial charge is 0.270 e. The molecule has 5 heteroatoms. The lowest BCUT2D eigenvalue weighted by Gasteiger charge is -2.23. The van der Waals surface area contributed by atoms with Crippen molar-refractivity contribution in [1.29, 1.82) is 0 Å². The number of nitrogens with zero attached hydrogens (tertiary/aromatic N) is 3. The van der Waals surface area contributed by atoms with E-state index in [1.165, 1.54) is 0 Å². The molecule has 1 saturated heterocycles. The maximum Gasteiger partial charge on any atom is 0.270 e. The van der Waals surface area contributed by atoms with Crippen LogP contribution in [0.4, 0.5) is 0 Å². The molecule has 5 nitrogen and oxygen atoms in total. The van der Waals surface area contributed by atoms with Gasteiger partial charge in [0.15, 0.2) is 0 Å². The standard InChI is InChI=1S/C17H18N4O/c1-20-11-13(10-18-20)16-7-4-8-21(16)17(22)15-9-12-5-2-3-6-14(12)19-15/h2-3,5-6,9-11,16,19H,4,7-8H2,1H3/t16-/m0/s1. The van der Waals surface area contributed by atoms with Gasteiger partial charge < -0.3 is 9.88 Å². The third-order valence-electron chi connectivity index (χ3n) is 4.38. The summed E-state index contributed by atoms with van der Waals surface area (Å²) in [5, 5.41) is 5.31. The van der Waals surface area contributed by atoms with Gasteiger partial charge in [0.25, 0.3) is 5.91 Å². The van der Waals surface area contributed by atoms with Crippen LogP contribution in [0.5, 0.6) is 0 Å². The first-order valence-corrected chi connectivity index (χ1v) is 7.59. The molecule has 3 aromatic rings. The highest BCUT2D eigenvalue weighted by molar-refractivity contribution is 5.98. The van der Waals surface area contributed by atoms with Gasteiger partial charge in [-0.25, -0.2) is 0 Å². The van der Waals surface area contributed by atoms with Crippen molar-refractivity contribution >= 4 is 16.8 Å². The molecule has 0 radical (unpaired) electrons. The van der Waals surface area contributed by atoms with E-state index in [2.05, 4.69) is 10.1 Å². The summed E-state index contributed by atoms with van der Waals surface area (Å²) in [5.41, 5.74) is 2.78. The molecular formula is C17H18N4O. The highest BCUT2D eigenvalue weighted by Gasteiger charge is 2.32. The van der Waals surface area contributed by atoms with Gasteiger partial charge in [-0.15, -0.1) is 0 Å². The number of fused-ring (bicyclic) bond motifs is 1. The van der Waals surface area contributed by atoms with Gasteiger partial charge in [0, 0.05) is 36.3 Å². The molecule has 1 aliphatic heterocycles. The molecule has 1 fully saturated rings. The molecule has 1 N–H and O–H groups in total. The number of carbonyl (C=O) groups is 1. The summed E-state index contributed by atoms with van der Waals surface area (Å²) in [4.78, 5) is 18.1. The number of likely N-dealkylation sites (tertiary alicyclic amines) is 1. The Morgan fingerprint density at radius 3 is 3.00 bits per heavy atom. The number of amides is 1. The molecular weight excluding hydrogens is 276 g/mol. The number of aromatic amines is 1. The molecule has 0 unspecified atom stereocenters. The van der Waals surface area contributed by atoms with E-state index in [1.54, 1.807) is 4.68 Å². The molecule has 1 amide bonds. The molecule has 22 heavy (non-hydrogen) atoms.